The Morgan fingerprint density at radius 3 is 1.87 bits per heavy atom. The van der Waals surface area contributed by atoms with Crippen LogP contribution < -0.4 is 10.1 Å². The number of nitro benzene ring substituents is 2. The minimum absolute atomic E-state index is 0.0606. The first-order valence-electron chi connectivity index (χ1n) is 8.46. The van der Waals surface area contributed by atoms with Crippen molar-refractivity contribution in [3.8, 4) is 5.75 Å². The molecule has 3 rings (SSSR count). The molecule has 0 radical (unpaired) electrons. The zero-order valence-electron chi connectivity index (χ0n) is 15.2. The standard InChI is InChI=1S/C20H13N3O7/c24-19(21-15-4-2-1-3-5-15)13-6-8-18(9-7-13)30-20(25)14-10-16(22(26)27)12-17(11-14)23(28)29/h1-12H,(H,21,24). The lowest BCUT2D eigenvalue weighted by Gasteiger charge is -2.07. The van der Waals surface area contributed by atoms with Gasteiger partial charge in [-0.1, -0.05) is 18.2 Å². The van der Waals surface area contributed by atoms with Crippen LogP contribution in [0.4, 0.5) is 17.1 Å². The van der Waals surface area contributed by atoms with Gasteiger partial charge in [0.05, 0.1) is 21.5 Å². The SMILES string of the molecule is O=C(Nc1ccccc1)c1ccc(OC(=O)c2cc([N+](=O)[O-])cc([N+](=O)[O-])c2)cc1. The first kappa shape index (κ1) is 20.1. The molecule has 3 aromatic rings. The van der Waals surface area contributed by atoms with Crippen LogP contribution in [0, 0.1) is 20.2 Å². The maximum absolute atomic E-state index is 12.3. The van der Waals surface area contributed by atoms with E-state index in [1.54, 1.807) is 24.3 Å². The van der Waals surface area contributed by atoms with Gasteiger partial charge in [0, 0.05) is 23.4 Å². The molecule has 10 heteroatoms. The Morgan fingerprint density at radius 1 is 0.767 bits per heavy atom. The van der Waals surface area contributed by atoms with Crippen LogP contribution in [0.5, 0.6) is 5.75 Å². The molecule has 0 spiro atoms. The summed E-state index contributed by atoms with van der Waals surface area (Å²) >= 11 is 0. The van der Waals surface area contributed by atoms with E-state index in [4.69, 9.17) is 4.74 Å². The molecule has 0 saturated heterocycles. The van der Waals surface area contributed by atoms with E-state index in [0.29, 0.717) is 11.3 Å². The second-order valence-electron chi connectivity index (χ2n) is 5.99. The number of para-hydroxylation sites is 1. The van der Waals surface area contributed by atoms with E-state index in [-0.39, 0.29) is 17.2 Å². The fourth-order valence-electron chi connectivity index (χ4n) is 2.49. The first-order chi connectivity index (χ1) is 14.3. The summed E-state index contributed by atoms with van der Waals surface area (Å²) in [6.45, 7) is 0. The average molecular weight is 407 g/mol. The molecule has 0 aliphatic heterocycles. The van der Waals surface area contributed by atoms with Crippen LogP contribution in [0.1, 0.15) is 20.7 Å². The van der Waals surface area contributed by atoms with Crippen LogP contribution in [0.25, 0.3) is 0 Å². The number of hydrogen-bond acceptors (Lipinski definition) is 7. The van der Waals surface area contributed by atoms with Crippen molar-refractivity contribution in [3.05, 3.63) is 104 Å². The van der Waals surface area contributed by atoms with E-state index >= 15 is 0 Å². The highest BCUT2D eigenvalue weighted by molar-refractivity contribution is 6.04. The molecule has 0 aliphatic carbocycles. The number of nitrogens with zero attached hydrogens (tertiary/aromatic N) is 2. The summed E-state index contributed by atoms with van der Waals surface area (Å²) in [7, 11) is 0. The molecule has 0 fully saturated rings. The summed E-state index contributed by atoms with van der Waals surface area (Å²) in [4.78, 5) is 44.7. The average Bonchev–Trinajstić information content (AvgIpc) is 2.74. The monoisotopic (exact) mass is 407 g/mol. The van der Waals surface area contributed by atoms with Crippen LogP contribution in [0.15, 0.2) is 72.8 Å². The van der Waals surface area contributed by atoms with Crippen LogP contribution in [-0.2, 0) is 0 Å². The van der Waals surface area contributed by atoms with E-state index < -0.39 is 27.2 Å². The molecule has 1 N–H and O–H groups in total. The third-order valence-electron chi connectivity index (χ3n) is 3.92. The van der Waals surface area contributed by atoms with Gasteiger partial charge in [0.1, 0.15) is 5.75 Å². The van der Waals surface area contributed by atoms with Crippen molar-refractivity contribution in [1.82, 2.24) is 0 Å². The number of carbonyl (C=O) groups is 2. The Labute approximate surface area is 169 Å². The number of hydrogen-bond donors (Lipinski definition) is 1. The predicted molar refractivity (Wildman–Crippen MR) is 106 cm³/mol. The summed E-state index contributed by atoms with van der Waals surface area (Å²) in [5, 5.41) is 24.6. The Morgan fingerprint density at radius 2 is 1.33 bits per heavy atom. The van der Waals surface area contributed by atoms with Gasteiger partial charge >= 0.3 is 5.97 Å². The van der Waals surface area contributed by atoms with Gasteiger partial charge < -0.3 is 10.1 Å². The van der Waals surface area contributed by atoms with Gasteiger partial charge in [-0.25, -0.2) is 4.79 Å². The van der Waals surface area contributed by atoms with Crippen molar-refractivity contribution in [3.63, 3.8) is 0 Å². The molecule has 0 unspecified atom stereocenters. The molecule has 0 aliphatic rings. The molecule has 0 saturated carbocycles. The highest BCUT2D eigenvalue weighted by Crippen LogP contribution is 2.24. The van der Waals surface area contributed by atoms with Gasteiger partial charge in [0.2, 0.25) is 0 Å². The van der Waals surface area contributed by atoms with E-state index in [9.17, 15) is 29.8 Å². The van der Waals surface area contributed by atoms with Crippen LogP contribution in [-0.4, -0.2) is 21.7 Å². The number of esters is 1. The predicted octanol–water partition coefficient (Wildman–Crippen LogP) is 3.97. The second kappa shape index (κ2) is 8.61. The maximum atomic E-state index is 12.3. The molecule has 0 atom stereocenters. The Balaban J connectivity index is 1.74. The highest BCUT2D eigenvalue weighted by atomic mass is 16.6. The number of ether oxygens (including phenoxy) is 1. The molecule has 3 aromatic carbocycles. The normalized spacial score (nSPS) is 10.1. The lowest BCUT2D eigenvalue weighted by Crippen LogP contribution is -2.12. The van der Waals surface area contributed by atoms with Crippen molar-refractivity contribution in [2.45, 2.75) is 0 Å². The fraction of sp³-hybridized carbons (Fsp3) is 0. The summed E-state index contributed by atoms with van der Waals surface area (Å²) in [6.07, 6.45) is 0. The van der Waals surface area contributed by atoms with E-state index in [1.807, 2.05) is 6.07 Å². The van der Waals surface area contributed by atoms with Crippen LogP contribution in [0.2, 0.25) is 0 Å². The zero-order valence-corrected chi connectivity index (χ0v) is 15.2. The third kappa shape index (κ3) is 4.81. The Hall–Kier alpha value is -4.60. The topological polar surface area (TPSA) is 142 Å². The lowest BCUT2D eigenvalue weighted by atomic mass is 10.1. The number of nitro groups is 2. The zero-order chi connectivity index (χ0) is 21.7. The third-order valence-corrected chi connectivity index (χ3v) is 3.92. The van der Waals surface area contributed by atoms with Crippen molar-refractivity contribution in [1.29, 1.82) is 0 Å². The molecule has 0 aromatic heterocycles. The minimum Gasteiger partial charge on any atom is -0.423 e. The Kier molecular flexibility index (Phi) is 5.78. The number of anilines is 1. The van der Waals surface area contributed by atoms with Gasteiger partial charge in [-0.2, -0.15) is 0 Å². The number of non-ortho nitro benzene ring substituents is 2. The van der Waals surface area contributed by atoms with E-state index in [2.05, 4.69) is 5.32 Å². The highest BCUT2D eigenvalue weighted by Gasteiger charge is 2.21. The molecule has 10 nitrogen and oxygen atoms in total. The largest absolute Gasteiger partial charge is 0.423 e. The van der Waals surface area contributed by atoms with Crippen molar-refractivity contribution in [2.75, 3.05) is 5.32 Å². The van der Waals surface area contributed by atoms with Crippen molar-refractivity contribution >= 4 is 28.9 Å². The quantitative estimate of drug-likeness (QED) is 0.282. The first-order valence-corrected chi connectivity index (χ1v) is 8.46. The lowest BCUT2D eigenvalue weighted by molar-refractivity contribution is -0.394. The van der Waals surface area contributed by atoms with Gasteiger partial charge in [-0.15, -0.1) is 0 Å². The van der Waals surface area contributed by atoms with Crippen LogP contribution >= 0.6 is 0 Å². The molecule has 0 heterocycles. The fourth-order valence-corrected chi connectivity index (χ4v) is 2.49. The molecular weight excluding hydrogens is 394 g/mol. The molecule has 1 amide bonds. The van der Waals surface area contributed by atoms with Gasteiger partial charge in [-0.05, 0) is 36.4 Å². The molecule has 0 bridgehead atoms. The molecule has 150 valence electrons. The molecular formula is C20H13N3O7. The second-order valence-corrected chi connectivity index (χ2v) is 5.99. The number of carbonyl (C=O) groups excluding carboxylic acids is 2. The van der Waals surface area contributed by atoms with E-state index in [0.717, 1.165) is 18.2 Å². The number of nitrogens with one attached hydrogen (secondary N) is 1. The summed E-state index contributed by atoms with van der Waals surface area (Å²) in [5.41, 5.74) is -0.634. The molecule has 30 heavy (non-hydrogen) atoms. The number of rotatable bonds is 6. The van der Waals surface area contributed by atoms with Crippen molar-refractivity contribution in [2.24, 2.45) is 0 Å². The van der Waals surface area contributed by atoms with Crippen molar-refractivity contribution < 1.29 is 24.2 Å². The smallest absolute Gasteiger partial charge is 0.344 e. The Bertz CT molecular complexity index is 1100. The summed E-state index contributed by atoms with van der Waals surface area (Å²) in [6, 6.07) is 16.9. The maximum Gasteiger partial charge on any atom is 0.344 e. The van der Waals surface area contributed by atoms with Gasteiger partial charge in [0.15, 0.2) is 0 Å². The summed E-state index contributed by atoms with van der Waals surface area (Å²) in [5.74, 6) is -1.32. The van der Waals surface area contributed by atoms with Gasteiger partial charge in [-0.3, -0.25) is 25.0 Å². The van der Waals surface area contributed by atoms with Gasteiger partial charge in [0.25, 0.3) is 17.3 Å². The van der Waals surface area contributed by atoms with E-state index in [1.165, 1.54) is 24.3 Å². The number of benzene rings is 3. The number of amides is 1. The minimum atomic E-state index is -1.01. The van der Waals surface area contributed by atoms with Crippen LogP contribution in [0.3, 0.4) is 0 Å². The summed E-state index contributed by atoms with van der Waals surface area (Å²) < 4.78 is 5.11.